The fourth-order valence-corrected chi connectivity index (χ4v) is 0.866. The van der Waals surface area contributed by atoms with Crippen molar-refractivity contribution >= 4 is 12.0 Å². The molecule has 0 heterocycles. The first kappa shape index (κ1) is 12.3. The number of carbonyl (C=O) groups is 1. The van der Waals surface area contributed by atoms with Crippen molar-refractivity contribution in [2.24, 2.45) is 11.5 Å². The summed E-state index contributed by atoms with van der Waals surface area (Å²) in [5.74, 6) is 0.000827. The Kier molecular flexibility index (Phi) is 6.02. The van der Waals surface area contributed by atoms with Gasteiger partial charge in [-0.3, -0.25) is 4.79 Å². The molecule has 14 heavy (non-hydrogen) atoms. The largest absolute Gasteiger partial charge is 0.386 e. The molecule has 0 aliphatic rings. The van der Waals surface area contributed by atoms with E-state index in [0.717, 1.165) is 6.21 Å². The summed E-state index contributed by atoms with van der Waals surface area (Å²) in [6, 6.07) is -0.626. The summed E-state index contributed by atoms with van der Waals surface area (Å²) < 4.78 is 0. The highest BCUT2D eigenvalue weighted by Crippen LogP contribution is 1.93. The highest BCUT2D eigenvalue weighted by molar-refractivity contribution is 6.27. The van der Waals surface area contributed by atoms with E-state index in [9.17, 15) is 4.79 Å². The molecule has 0 spiro atoms. The van der Waals surface area contributed by atoms with Gasteiger partial charge in [-0.15, -0.1) is 0 Å². The summed E-state index contributed by atoms with van der Waals surface area (Å²) in [7, 11) is 0. The van der Waals surface area contributed by atoms with Crippen LogP contribution in [0.3, 0.4) is 0 Å². The van der Waals surface area contributed by atoms with Gasteiger partial charge in [0.15, 0.2) is 0 Å². The van der Waals surface area contributed by atoms with Gasteiger partial charge >= 0.3 is 6.21 Å². The Labute approximate surface area is 82.6 Å². The zero-order valence-corrected chi connectivity index (χ0v) is 7.94. The maximum absolute atomic E-state index is 11.0. The molecule has 0 aromatic rings. The molecule has 0 radical (unpaired) electrons. The molecule has 0 amide bonds. The molecule has 0 rings (SSSR count). The van der Waals surface area contributed by atoms with E-state index in [4.69, 9.17) is 17.0 Å². The Morgan fingerprint density at radius 3 is 2.86 bits per heavy atom. The number of nitrogens with one attached hydrogen (secondary N) is 1. The van der Waals surface area contributed by atoms with Crippen molar-refractivity contribution in [2.45, 2.75) is 18.9 Å². The van der Waals surface area contributed by atoms with Crippen LogP contribution in [0.2, 0.25) is 0 Å². The number of rotatable bonds is 7. The lowest BCUT2D eigenvalue weighted by molar-refractivity contribution is -0.117. The Bertz CT molecular complexity index is 256. The second-order valence-corrected chi connectivity index (χ2v) is 2.85. The first-order valence-electron chi connectivity index (χ1n) is 4.23. The van der Waals surface area contributed by atoms with Gasteiger partial charge in [0.05, 0.1) is 11.9 Å². The molecule has 0 fully saturated rings. The predicted octanol–water partition coefficient (Wildman–Crippen LogP) is -1.02. The average Bonchev–Trinajstić information content (AvgIpc) is 2.12. The first-order chi connectivity index (χ1) is 6.57. The van der Waals surface area contributed by atoms with Crippen LogP contribution in [0.25, 0.3) is 5.53 Å². The number of Topliss-reactive ketones (excluding diaryl/α,β-unsaturated/α-hetero) is 1. The van der Waals surface area contributed by atoms with Gasteiger partial charge in [0.1, 0.15) is 0 Å². The van der Waals surface area contributed by atoms with E-state index < -0.39 is 6.04 Å². The molecule has 6 nitrogen and oxygen atoms in total. The van der Waals surface area contributed by atoms with Gasteiger partial charge in [0.2, 0.25) is 0 Å². The lowest BCUT2D eigenvalue weighted by Gasteiger charge is -2.07. The molecule has 0 aliphatic heterocycles. The van der Waals surface area contributed by atoms with Crippen molar-refractivity contribution in [3.63, 3.8) is 0 Å². The van der Waals surface area contributed by atoms with Crippen LogP contribution in [-0.4, -0.2) is 29.4 Å². The van der Waals surface area contributed by atoms with Crippen molar-refractivity contribution in [2.75, 3.05) is 6.54 Å². The smallest absolute Gasteiger partial charge is 0.324 e. The van der Waals surface area contributed by atoms with Gasteiger partial charge in [-0.05, 0) is 12.8 Å². The molecule has 0 saturated heterocycles. The molecule has 5 N–H and O–H groups in total. The third-order valence-corrected chi connectivity index (χ3v) is 1.59. The summed E-state index contributed by atoms with van der Waals surface area (Å²) >= 11 is 0. The monoisotopic (exact) mass is 197 g/mol. The minimum atomic E-state index is -0.626. The van der Waals surface area contributed by atoms with Crippen LogP contribution in [0.5, 0.6) is 0 Å². The average molecular weight is 197 g/mol. The molecule has 1 atom stereocenters. The zero-order chi connectivity index (χ0) is 11.0. The van der Waals surface area contributed by atoms with Gasteiger partial charge in [-0.2, -0.15) is 4.79 Å². The fraction of sp³-hybridized carbons (Fsp3) is 0.500. The molecule has 0 bridgehead atoms. The highest BCUT2D eigenvalue weighted by Gasteiger charge is 2.13. The van der Waals surface area contributed by atoms with Gasteiger partial charge < -0.3 is 22.3 Å². The van der Waals surface area contributed by atoms with E-state index in [0.29, 0.717) is 25.2 Å². The molecule has 0 unspecified atom stereocenters. The molecule has 0 aliphatic carbocycles. The van der Waals surface area contributed by atoms with E-state index in [2.05, 4.69) is 16.7 Å². The Balaban J connectivity index is 3.63. The summed E-state index contributed by atoms with van der Waals surface area (Å²) in [5, 5.41) is 2.81. The van der Waals surface area contributed by atoms with Gasteiger partial charge in [0.25, 0.3) is 5.78 Å². The maximum atomic E-state index is 11.0. The zero-order valence-electron chi connectivity index (χ0n) is 7.94. The normalized spacial score (nSPS) is 11.2. The minimum Gasteiger partial charge on any atom is -0.386 e. The molecule has 0 aromatic carbocycles. The summed E-state index contributed by atoms with van der Waals surface area (Å²) in [4.78, 5) is 13.6. The number of hydrogen-bond acceptors (Lipinski definition) is 4. The summed E-state index contributed by atoms with van der Waals surface area (Å²) in [6.07, 6.45) is 2.01. The van der Waals surface area contributed by atoms with Gasteiger partial charge in [-0.1, -0.05) is 6.58 Å². The standard InChI is InChI=1S/C8H15N5O/c1-6(9)12-4-2-3-7(10)8(14)5-13-11/h5,7,12H,1-4,9-10H2/t7-/m0/s1. The third-order valence-electron chi connectivity index (χ3n) is 1.59. The molecule has 0 saturated carbocycles. The Hall–Kier alpha value is -1.65. The molecule has 78 valence electrons. The predicted molar refractivity (Wildman–Crippen MR) is 53.2 cm³/mol. The van der Waals surface area contributed by atoms with Crippen molar-refractivity contribution in [3.8, 4) is 0 Å². The van der Waals surface area contributed by atoms with Crippen LogP contribution in [-0.2, 0) is 4.79 Å². The number of ketones is 1. The van der Waals surface area contributed by atoms with Crippen LogP contribution < -0.4 is 16.8 Å². The maximum Gasteiger partial charge on any atom is 0.324 e. The topological polar surface area (TPSA) is 118 Å². The van der Waals surface area contributed by atoms with Crippen molar-refractivity contribution in [1.82, 2.24) is 5.32 Å². The minimum absolute atomic E-state index is 0.390. The number of hydrogen-bond donors (Lipinski definition) is 3. The van der Waals surface area contributed by atoms with Crippen LogP contribution >= 0.6 is 0 Å². The second kappa shape index (κ2) is 6.82. The summed E-state index contributed by atoms with van der Waals surface area (Å²) in [6.45, 7) is 4.07. The van der Waals surface area contributed by atoms with E-state index in [1.165, 1.54) is 0 Å². The van der Waals surface area contributed by atoms with E-state index in [1.54, 1.807) is 0 Å². The van der Waals surface area contributed by atoms with E-state index in [1.807, 2.05) is 0 Å². The lowest BCUT2D eigenvalue weighted by atomic mass is 10.1. The van der Waals surface area contributed by atoms with Crippen molar-refractivity contribution < 1.29 is 9.58 Å². The van der Waals surface area contributed by atoms with Crippen LogP contribution in [0.15, 0.2) is 12.4 Å². The van der Waals surface area contributed by atoms with Crippen LogP contribution in [0.1, 0.15) is 12.8 Å². The lowest BCUT2D eigenvalue weighted by Crippen LogP contribution is -2.32. The van der Waals surface area contributed by atoms with Crippen LogP contribution in [0.4, 0.5) is 0 Å². The Morgan fingerprint density at radius 1 is 1.71 bits per heavy atom. The Morgan fingerprint density at radius 2 is 2.36 bits per heavy atom. The first-order valence-corrected chi connectivity index (χ1v) is 4.23. The molecule has 0 aromatic heterocycles. The van der Waals surface area contributed by atoms with Gasteiger partial charge in [0, 0.05) is 6.54 Å². The fourth-order valence-electron chi connectivity index (χ4n) is 0.866. The quantitative estimate of drug-likeness (QED) is 0.209. The van der Waals surface area contributed by atoms with Crippen LogP contribution in [0, 0.1) is 0 Å². The molecular weight excluding hydrogens is 182 g/mol. The SMILES string of the molecule is C=C(N)NCCC[C@H](N)C(=O)C=[N+]=[N-]. The van der Waals surface area contributed by atoms with Crippen molar-refractivity contribution in [1.29, 1.82) is 0 Å². The highest BCUT2D eigenvalue weighted by atomic mass is 16.1. The van der Waals surface area contributed by atoms with Crippen molar-refractivity contribution in [3.05, 3.63) is 17.9 Å². The molecule has 6 heteroatoms. The molecular formula is C8H15N5O. The van der Waals surface area contributed by atoms with E-state index >= 15 is 0 Å². The third kappa shape index (κ3) is 5.93. The second-order valence-electron chi connectivity index (χ2n) is 2.85. The van der Waals surface area contributed by atoms with Gasteiger partial charge in [-0.25, -0.2) is 0 Å². The number of nitrogens with zero attached hydrogens (tertiary/aromatic N) is 2. The van der Waals surface area contributed by atoms with E-state index in [-0.39, 0.29) is 5.78 Å². The number of nitrogens with two attached hydrogens (primary N) is 2. The summed E-state index contributed by atoms with van der Waals surface area (Å²) in [5.41, 5.74) is 18.8. The number of carbonyl (C=O) groups excluding carboxylic acids is 1.